The van der Waals surface area contributed by atoms with Crippen LogP contribution in [0, 0.1) is 0 Å². The van der Waals surface area contributed by atoms with Crippen LogP contribution >= 0.6 is 0 Å². The summed E-state index contributed by atoms with van der Waals surface area (Å²) in [5, 5.41) is 8.54. The first-order chi connectivity index (χ1) is 9.56. The number of amides is 1. The van der Waals surface area contributed by atoms with Gasteiger partial charge in [-0.15, -0.1) is 0 Å². The summed E-state index contributed by atoms with van der Waals surface area (Å²) in [6, 6.07) is 0. The number of aromatic nitrogens is 2. The number of ether oxygens (including phenoxy) is 1. The monoisotopic (exact) mass is 281 g/mol. The van der Waals surface area contributed by atoms with Crippen molar-refractivity contribution in [3.05, 3.63) is 18.2 Å². The van der Waals surface area contributed by atoms with Crippen LogP contribution in [0.25, 0.3) is 0 Å². The van der Waals surface area contributed by atoms with Crippen LogP contribution < -0.4 is 0 Å². The zero-order chi connectivity index (χ0) is 14.5. The second-order valence-electron chi connectivity index (χ2n) is 4.93. The number of hydrogen-bond donors (Lipinski definition) is 1. The van der Waals surface area contributed by atoms with Gasteiger partial charge in [0.05, 0.1) is 25.5 Å². The Morgan fingerprint density at radius 3 is 2.70 bits per heavy atom. The summed E-state index contributed by atoms with van der Waals surface area (Å²) in [5.74, 6) is -0.914. The molecule has 0 atom stereocenters. The van der Waals surface area contributed by atoms with Gasteiger partial charge in [0.25, 0.3) is 5.91 Å². The number of rotatable bonds is 5. The van der Waals surface area contributed by atoms with Crippen molar-refractivity contribution in [2.45, 2.75) is 25.4 Å². The Morgan fingerprint density at radius 2 is 2.15 bits per heavy atom. The maximum absolute atomic E-state index is 12.2. The molecule has 0 spiro atoms. The Hall–Kier alpha value is -1.89. The number of imidazole rings is 1. The van der Waals surface area contributed by atoms with Gasteiger partial charge in [-0.25, -0.2) is 4.98 Å². The van der Waals surface area contributed by atoms with E-state index in [0.29, 0.717) is 18.8 Å². The minimum atomic E-state index is -0.854. The van der Waals surface area contributed by atoms with E-state index in [2.05, 4.69) is 4.98 Å². The molecule has 1 aromatic rings. The van der Waals surface area contributed by atoms with E-state index in [1.54, 1.807) is 22.0 Å². The number of nitrogens with zero attached hydrogens (tertiary/aromatic N) is 3. The van der Waals surface area contributed by atoms with Crippen LogP contribution in [0.4, 0.5) is 0 Å². The molecule has 1 aromatic heterocycles. The highest BCUT2D eigenvalue weighted by Crippen LogP contribution is 2.16. The first-order valence-electron chi connectivity index (χ1n) is 6.67. The van der Waals surface area contributed by atoms with Crippen molar-refractivity contribution in [2.75, 3.05) is 19.7 Å². The third kappa shape index (κ3) is 3.80. The van der Waals surface area contributed by atoms with Crippen molar-refractivity contribution in [2.24, 2.45) is 7.05 Å². The molecular formula is C13H19N3O4. The first-order valence-corrected chi connectivity index (χ1v) is 6.67. The Bertz CT molecular complexity index is 478. The molecule has 0 saturated carbocycles. The average Bonchev–Trinajstić information content (AvgIpc) is 2.85. The van der Waals surface area contributed by atoms with Crippen molar-refractivity contribution >= 4 is 11.9 Å². The molecule has 1 fully saturated rings. The molecule has 2 rings (SSSR count). The Labute approximate surface area is 117 Å². The summed E-state index contributed by atoms with van der Waals surface area (Å²) in [7, 11) is 1.83. The third-order valence-corrected chi connectivity index (χ3v) is 3.32. The lowest BCUT2D eigenvalue weighted by atomic mass is 10.1. The normalized spacial score (nSPS) is 16.4. The summed E-state index contributed by atoms with van der Waals surface area (Å²) >= 11 is 0. The number of hydrogen-bond acceptors (Lipinski definition) is 4. The van der Waals surface area contributed by atoms with Crippen molar-refractivity contribution in [1.29, 1.82) is 0 Å². The Balaban J connectivity index is 1.76. The maximum Gasteiger partial charge on any atom is 0.305 e. The molecule has 1 aliphatic heterocycles. The second kappa shape index (κ2) is 6.51. The molecule has 0 unspecified atom stereocenters. The molecule has 1 amide bonds. The Morgan fingerprint density at radius 1 is 1.45 bits per heavy atom. The topological polar surface area (TPSA) is 84.7 Å². The zero-order valence-corrected chi connectivity index (χ0v) is 11.5. The number of carbonyl (C=O) groups excluding carboxylic acids is 1. The molecule has 1 N–H and O–H groups in total. The summed E-state index contributed by atoms with van der Waals surface area (Å²) < 4.78 is 7.24. The molecule has 2 heterocycles. The highest BCUT2D eigenvalue weighted by Gasteiger charge is 2.25. The van der Waals surface area contributed by atoms with E-state index in [-0.39, 0.29) is 25.0 Å². The van der Waals surface area contributed by atoms with E-state index in [1.807, 2.05) is 7.05 Å². The molecule has 7 heteroatoms. The predicted octanol–water partition coefficient (Wildman–Crippen LogP) is 0.516. The largest absolute Gasteiger partial charge is 0.481 e. The average molecular weight is 281 g/mol. The van der Waals surface area contributed by atoms with Gasteiger partial charge in [0.1, 0.15) is 5.69 Å². The van der Waals surface area contributed by atoms with Crippen molar-refractivity contribution < 1.29 is 19.4 Å². The molecule has 20 heavy (non-hydrogen) atoms. The van der Waals surface area contributed by atoms with Crippen LogP contribution in [0.2, 0.25) is 0 Å². The number of piperidine rings is 1. The summed E-state index contributed by atoms with van der Waals surface area (Å²) in [6.07, 6.45) is 4.85. The van der Waals surface area contributed by atoms with E-state index in [0.717, 1.165) is 12.8 Å². The van der Waals surface area contributed by atoms with Gasteiger partial charge in [0.2, 0.25) is 0 Å². The quantitative estimate of drug-likeness (QED) is 0.850. The van der Waals surface area contributed by atoms with Gasteiger partial charge in [0, 0.05) is 26.3 Å². The lowest BCUT2D eigenvalue weighted by molar-refractivity contribution is -0.138. The van der Waals surface area contributed by atoms with Gasteiger partial charge in [-0.05, 0) is 12.8 Å². The van der Waals surface area contributed by atoms with E-state index >= 15 is 0 Å². The minimum Gasteiger partial charge on any atom is -0.481 e. The number of carbonyl (C=O) groups is 2. The molecule has 110 valence electrons. The molecule has 1 aliphatic rings. The first kappa shape index (κ1) is 14.5. The lowest BCUT2D eigenvalue weighted by Gasteiger charge is -2.31. The highest BCUT2D eigenvalue weighted by atomic mass is 16.5. The van der Waals surface area contributed by atoms with Crippen LogP contribution in [-0.4, -0.2) is 57.2 Å². The fraction of sp³-hybridized carbons (Fsp3) is 0.615. The lowest BCUT2D eigenvalue weighted by Crippen LogP contribution is -2.41. The van der Waals surface area contributed by atoms with Crippen molar-refractivity contribution in [3.8, 4) is 0 Å². The van der Waals surface area contributed by atoms with E-state index < -0.39 is 5.97 Å². The molecule has 0 aromatic carbocycles. The SMILES string of the molecule is Cn1cnc(C(=O)N2CCC(OCCC(=O)O)CC2)c1. The zero-order valence-electron chi connectivity index (χ0n) is 11.5. The highest BCUT2D eigenvalue weighted by molar-refractivity contribution is 5.92. The molecule has 1 saturated heterocycles. The minimum absolute atomic E-state index is 0.0209. The standard InChI is InChI=1S/C13H19N3O4/c1-15-8-11(14-9-15)13(19)16-5-2-10(3-6-16)20-7-4-12(17)18/h8-10H,2-7H2,1H3,(H,17,18). The van der Waals surface area contributed by atoms with E-state index in [9.17, 15) is 9.59 Å². The summed E-state index contributed by atoms with van der Waals surface area (Å²) in [4.78, 5) is 28.4. The van der Waals surface area contributed by atoms with Gasteiger partial charge in [-0.3, -0.25) is 9.59 Å². The number of aliphatic carboxylic acids is 1. The van der Waals surface area contributed by atoms with Crippen LogP contribution in [0.15, 0.2) is 12.5 Å². The third-order valence-electron chi connectivity index (χ3n) is 3.32. The number of carboxylic acids is 1. The number of aryl methyl sites for hydroxylation is 1. The maximum atomic E-state index is 12.2. The Kier molecular flexibility index (Phi) is 4.73. The van der Waals surface area contributed by atoms with Crippen LogP contribution in [0.1, 0.15) is 29.8 Å². The molecule has 7 nitrogen and oxygen atoms in total. The predicted molar refractivity (Wildman–Crippen MR) is 70.3 cm³/mol. The van der Waals surface area contributed by atoms with Crippen LogP contribution in [0.3, 0.4) is 0 Å². The van der Waals surface area contributed by atoms with Crippen molar-refractivity contribution in [3.63, 3.8) is 0 Å². The van der Waals surface area contributed by atoms with Crippen LogP contribution in [-0.2, 0) is 16.6 Å². The fourth-order valence-electron chi connectivity index (χ4n) is 2.22. The molecule has 0 bridgehead atoms. The summed E-state index contributed by atoms with van der Waals surface area (Å²) in [5.41, 5.74) is 0.456. The number of carboxylic acid groups (broad SMARTS) is 1. The number of likely N-dealkylation sites (tertiary alicyclic amines) is 1. The smallest absolute Gasteiger partial charge is 0.305 e. The molecule has 0 radical (unpaired) electrons. The second-order valence-corrected chi connectivity index (χ2v) is 4.93. The van der Waals surface area contributed by atoms with Gasteiger partial charge >= 0.3 is 5.97 Å². The van der Waals surface area contributed by atoms with E-state index in [1.165, 1.54) is 0 Å². The fourth-order valence-corrected chi connectivity index (χ4v) is 2.22. The summed E-state index contributed by atoms with van der Waals surface area (Å²) in [6.45, 7) is 1.47. The van der Waals surface area contributed by atoms with E-state index in [4.69, 9.17) is 9.84 Å². The van der Waals surface area contributed by atoms with Crippen molar-refractivity contribution in [1.82, 2.24) is 14.5 Å². The van der Waals surface area contributed by atoms with Gasteiger partial charge in [-0.1, -0.05) is 0 Å². The van der Waals surface area contributed by atoms with Gasteiger partial charge < -0.3 is 19.3 Å². The van der Waals surface area contributed by atoms with Gasteiger partial charge in [-0.2, -0.15) is 0 Å². The molecule has 0 aliphatic carbocycles. The van der Waals surface area contributed by atoms with Crippen LogP contribution in [0.5, 0.6) is 0 Å². The van der Waals surface area contributed by atoms with Gasteiger partial charge in [0.15, 0.2) is 0 Å². The molecular weight excluding hydrogens is 262 g/mol.